The van der Waals surface area contributed by atoms with Gasteiger partial charge in [-0.05, 0) is 26.7 Å². The molecule has 1 aromatic rings. The molecule has 2 rings (SSSR count). The lowest BCUT2D eigenvalue weighted by molar-refractivity contribution is 0.0360. The molecule has 0 bridgehead atoms. The summed E-state index contributed by atoms with van der Waals surface area (Å²) in [4.78, 5) is 4.16. The molecule has 0 spiro atoms. The summed E-state index contributed by atoms with van der Waals surface area (Å²) in [6.45, 7) is 6.20. The molecule has 0 aromatic carbocycles. The van der Waals surface area contributed by atoms with E-state index >= 15 is 0 Å². The van der Waals surface area contributed by atoms with E-state index in [1.165, 1.54) is 18.5 Å². The summed E-state index contributed by atoms with van der Waals surface area (Å²) in [6.07, 6.45) is 6.32. The molecule has 0 N–H and O–H groups in total. The lowest BCUT2D eigenvalue weighted by atomic mass is 9.95. The van der Waals surface area contributed by atoms with Crippen LogP contribution in [-0.2, 0) is 4.74 Å². The molecule has 2 atom stereocenters. The third-order valence-corrected chi connectivity index (χ3v) is 3.18. The molecule has 1 saturated heterocycles. The van der Waals surface area contributed by atoms with Gasteiger partial charge in [-0.2, -0.15) is 0 Å². The molecule has 2 heterocycles. The summed E-state index contributed by atoms with van der Waals surface area (Å²) in [7, 11) is 0. The Morgan fingerprint density at radius 1 is 1.64 bits per heavy atom. The summed E-state index contributed by atoms with van der Waals surface area (Å²) in [6, 6.07) is 0.512. The van der Waals surface area contributed by atoms with Gasteiger partial charge in [-0.25, -0.2) is 4.98 Å². The van der Waals surface area contributed by atoms with Crippen LogP contribution in [0, 0.1) is 12.8 Å². The molecule has 2 unspecified atom stereocenters. The monoisotopic (exact) mass is 194 g/mol. The third-order valence-electron chi connectivity index (χ3n) is 3.18. The van der Waals surface area contributed by atoms with E-state index in [4.69, 9.17) is 4.74 Å². The van der Waals surface area contributed by atoms with Gasteiger partial charge in [0.2, 0.25) is 0 Å². The average Bonchev–Trinajstić information content (AvgIpc) is 2.65. The van der Waals surface area contributed by atoms with Crippen LogP contribution in [-0.4, -0.2) is 22.8 Å². The molecule has 78 valence electrons. The van der Waals surface area contributed by atoms with Crippen molar-refractivity contribution >= 4 is 0 Å². The minimum Gasteiger partial charge on any atom is -0.381 e. The van der Waals surface area contributed by atoms with Crippen LogP contribution >= 0.6 is 0 Å². The van der Waals surface area contributed by atoms with Crippen molar-refractivity contribution < 1.29 is 4.74 Å². The summed E-state index contributed by atoms with van der Waals surface area (Å²) in [5.74, 6) is 0.650. The Bertz CT molecular complexity index is 289. The first kappa shape index (κ1) is 9.71. The molecule has 0 amide bonds. The highest BCUT2D eigenvalue weighted by Gasteiger charge is 2.22. The van der Waals surface area contributed by atoms with Gasteiger partial charge in [0, 0.05) is 30.5 Å². The highest BCUT2D eigenvalue weighted by atomic mass is 16.5. The number of hydrogen-bond acceptors (Lipinski definition) is 2. The van der Waals surface area contributed by atoms with Crippen LogP contribution in [0.5, 0.6) is 0 Å². The molecular weight excluding hydrogens is 176 g/mol. The fourth-order valence-electron chi connectivity index (χ4n) is 2.17. The second-order valence-corrected chi connectivity index (χ2v) is 4.16. The van der Waals surface area contributed by atoms with Crippen molar-refractivity contribution in [1.29, 1.82) is 0 Å². The molecule has 14 heavy (non-hydrogen) atoms. The Labute approximate surface area is 85.1 Å². The Morgan fingerprint density at radius 3 is 3.07 bits per heavy atom. The van der Waals surface area contributed by atoms with Gasteiger partial charge < -0.3 is 9.30 Å². The summed E-state index contributed by atoms with van der Waals surface area (Å²) < 4.78 is 7.76. The predicted molar refractivity (Wildman–Crippen MR) is 55.2 cm³/mol. The van der Waals surface area contributed by atoms with Gasteiger partial charge in [0.25, 0.3) is 0 Å². The van der Waals surface area contributed by atoms with Gasteiger partial charge in [0.15, 0.2) is 0 Å². The van der Waals surface area contributed by atoms with Crippen LogP contribution in [0.2, 0.25) is 0 Å². The highest BCUT2D eigenvalue weighted by Crippen LogP contribution is 2.26. The smallest absolute Gasteiger partial charge is 0.0950 e. The van der Waals surface area contributed by atoms with Gasteiger partial charge in [0.05, 0.1) is 12.9 Å². The Kier molecular flexibility index (Phi) is 2.87. The fourth-order valence-corrected chi connectivity index (χ4v) is 2.17. The molecule has 1 aliphatic rings. The maximum absolute atomic E-state index is 5.51. The molecule has 0 aliphatic carbocycles. The number of ether oxygens (including phenoxy) is 1. The van der Waals surface area contributed by atoms with Crippen molar-refractivity contribution in [3.8, 4) is 0 Å². The number of aromatic nitrogens is 2. The van der Waals surface area contributed by atoms with Crippen LogP contribution in [0.1, 0.15) is 31.5 Å². The van der Waals surface area contributed by atoms with Gasteiger partial charge in [-0.3, -0.25) is 0 Å². The van der Waals surface area contributed by atoms with Crippen molar-refractivity contribution in [3.63, 3.8) is 0 Å². The molecule has 1 fully saturated rings. The SMILES string of the molecule is Cc1cncn1C(C)C1CCCOC1. The van der Waals surface area contributed by atoms with Crippen LogP contribution in [0.4, 0.5) is 0 Å². The average molecular weight is 194 g/mol. The van der Waals surface area contributed by atoms with Crippen molar-refractivity contribution in [2.45, 2.75) is 32.7 Å². The van der Waals surface area contributed by atoms with E-state index in [1.807, 2.05) is 12.5 Å². The second-order valence-electron chi connectivity index (χ2n) is 4.16. The van der Waals surface area contributed by atoms with Gasteiger partial charge >= 0.3 is 0 Å². The van der Waals surface area contributed by atoms with Crippen molar-refractivity contribution in [2.75, 3.05) is 13.2 Å². The molecule has 1 aromatic heterocycles. The van der Waals surface area contributed by atoms with Crippen molar-refractivity contribution in [3.05, 3.63) is 18.2 Å². The zero-order valence-corrected chi connectivity index (χ0v) is 8.94. The van der Waals surface area contributed by atoms with E-state index in [0.29, 0.717) is 12.0 Å². The Balaban J connectivity index is 2.07. The number of rotatable bonds is 2. The topological polar surface area (TPSA) is 27.1 Å². The van der Waals surface area contributed by atoms with Gasteiger partial charge in [-0.1, -0.05) is 0 Å². The first-order valence-electron chi connectivity index (χ1n) is 5.35. The van der Waals surface area contributed by atoms with Crippen molar-refractivity contribution in [1.82, 2.24) is 9.55 Å². The predicted octanol–water partition coefficient (Wildman–Crippen LogP) is 2.18. The van der Waals surface area contributed by atoms with E-state index in [2.05, 4.69) is 23.4 Å². The molecular formula is C11H18N2O. The van der Waals surface area contributed by atoms with Crippen LogP contribution in [0.3, 0.4) is 0 Å². The molecule has 1 aliphatic heterocycles. The normalized spacial score (nSPS) is 24.9. The Morgan fingerprint density at radius 2 is 2.50 bits per heavy atom. The summed E-state index contributed by atoms with van der Waals surface area (Å²) in [5, 5.41) is 0. The fraction of sp³-hybridized carbons (Fsp3) is 0.727. The standard InChI is InChI=1S/C11H18N2O/c1-9-6-12-8-13(9)10(2)11-4-3-5-14-7-11/h6,8,10-11H,3-5,7H2,1-2H3. The zero-order valence-electron chi connectivity index (χ0n) is 8.94. The minimum absolute atomic E-state index is 0.512. The lowest BCUT2D eigenvalue weighted by Crippen LogP contribution is -2.25. The number of hydrogen-bond donors (Lipinski definition) is 0. The quantitative estimate of drug-likeness (QED) is 0.721. The van der Waals surface area contributed by atoms with Crippen LogP contribution in [0.15, 0.2) is 12.5 Å². The number of imidazole rings is 1. The van der Waals surface area contributed by atoms with Gasteiger partial charge in [-0.15, -0.1) is 0 Å². The van der Waals surface area contributed by atoms with E-state index < -0.39 is 0 Å². The molecule has 3 nitrogen and oxygen atoms in total. The third kappa shape index (κ3) is 1.82. The first-order chi connectivity index (χ1) is 6.79. The summed E-state index contributed by atoms with van der Waals surface area (Å²) in [5.41, 5.74) is 1.24. The zero-order chi connectivity index (χ0) is 9.97. The maximum atomic E-state index is 5.51. The second kappa shape index (κ2) is 4.13. The number of aryl methyl sites for hydroxylation is 1. The maximum Gasteiger partial charge on any atom is 0.0950 e. The first-order valence-corrected chi connectivity index (χ1v) is 5.35. The van der Waals surface area contributed by atoms with Crippen LogP contribution in [0.25, 0.3) is 0 Å². The minimum atomic E-state index is 0.512. The highest BCUT2D eigenvalue weighted by molar-refractivity contribution is 4.97. The van der Waals surface area contributed by atoms with E-state index in [-0.39, 0.29) is 0 Å². The molecule has 0 radical (unpaired) electrons. The summed E-state index contributed by atoms with van der Waals surface area (Å²) >= 11 is 0. The van der Waals surface area contributed by atoms with Gasteiger partial charge in [0.1, 0.15) is 0 Å². The van der Waals surface area contributed by atoms with E-state index in [0.717, 1.165) is 13.2 Å². The van der Waals surface area contributed by atoms with E-state index in [9.17, 15) is 0 Å². The van der Waals surface area contributed by atoms with Crippen molar-refractivity contribution in [2.24, 2.45) is 5.92 Å². The number of nitrogens with zero attached hydrogens (tertiary/aromatic N) is 2. The molecule has 3 heteroatoms. The largest absolute Gasteiger partial charge is 0.381 e. The van der Waals surface area contributed by atoms with E-state index in [1.54, 1.807) is 0 Å². The molecule has 0 saturated carbocycles. The Hall–Kier alpha value is -0.830. The van der Waals surface area contributed by atoms with Crippen LogP contribution < -0.4 is 0 Å². The lowest BCUT2D eigenvalue weighted by Gasteiger charge is -2.29.